The Kier molecular flexibility index (Phi) is 5.42. The van der Waals surface area contributed by atoms with Gasteiger partial charge in [-0.2, -0.15) is 0 Å². The molecule has 2 N–H and O–H groups in total. The first-order chi connectivity index (χ1) is 16.8. The molecule has 2 aromatic heterocycles. The largest absolute Gasteiger partial charge is 0.475 e. The minimum atomic E-state index is -3.80. The summed E-state index contributed by atoms with van der Waals surface area (Å²) in [5.41, 5.74) is -6.16. The Morgan fingerprint density at radius 3 is 2.36 bits per heavy atom. The quantitative estimate of drug-likeness (QED) is 0.429. The van der Waals surface area contributed by atoms with E-state index in [1.807, 2.05) is 0 Å². The van der Waals surface area contributed by atoms with Crippen molar-refractivity contribution < 1.29 is 32.5 Å². The van der Waals surface area contributed by atoms with Gasteiger partial charge in [-0.25, -0.2) is 27.2 Å². The number of ether oxygens (including phenoxy) is 1. The summed E-state index contributed by atoms with van der Waals surface area (Å²) in [5, 5.41) is 31.6. The van der Waals surface area contributed by atoms with Crippen molar-refractivity contribution in [2.45, 2.75) is 62.2 Å². The maximum atomic E-state index is 16.2. The van der Waals surface area contributed by atoms with Crippen LogP contribution in [0.15, 0.2) is 42.9 Å². The number of pyridine rings is 1. The third-order valence-electron chi connectivity index (χ3n) is 7.30. The first-order valence-electron chi connectivity index (χ1n) is 11.4. The molecule has 0 radical (unpaired) electrons. The lowest BCUT2D eigenvalue weighted by atomic mass is 9.30. The highest BCUT2D eigenvalue weighted by molar-refractivity contribution is 5.42. The van der Waals surface area contributed by atoms with Gasteiger partial charge in [-0.15, -0.1) is 5.10 Å². The molecule has 36 heavy (non-hydrogen) atoms. The van der Waals surface area contributed by atoms with E-state index < -0.39 is 51.7 Å². The van der Waals surface area contributed by atoms with Gasteiger partial charge in [-0.3, -0.25) is 0 Å². The summed E-state index contributed by atoms with van der Waals surface area (Å²) in [6, 6.07) is 5.50. The Balaban J connectivity index is 1.39. The topological polar surface area (TPSA) is 106 Å². The summed E-state index contributed by atoms with van der Waals surface area (Å²) in [6.07, 6.45) is 2.77. The van der Waals surface area contributed by atoms with E-state index >= 15 is 8.78 Å². The Morgan fingerprint density at radius 1 is 1.08 bits per heavy atom. The molecule has 2 heterocycles. The molecule has 0 saturated heterocycles. The molecule has 0 spiro atoms. The van der Waals surface area contributed by atoms with Crippen molar-refractivity contribution in [3.63, 3.8) is 0 Å². The van der Waals surface area contributed by atoms with E-state index in [4.69, 9.17) is 4.74 Å². The summed E-state index contributed by atoms with van der Waals surface area (Å²) in [4.78, 5) is 4.22. The van der Waals surface area contributed by atoms with E-state index in [1.54, 1.807) is 32.2 Å². The molecule has 3 fully saturated rings. The highest BCUT2D eigenvalue weighted by atomic mass is 19.3. The summed E-state index contributed by atoms with van der Waals surface area (Å²) in [6.45, 7) is 2.42. The second kappa shape index (κ2) is 7.94. The number of nitrogens with zero attached hydrogens (tertiary/aromatic N) is 5. The third kappa shape index (κ3) is 3.74. The maximum Gasteiger partial charge on any atom is 0.287 e. The van der Waals surface area contributed by atoms with Crippen molar-refractivity contribution in [2.75, 3.05) is 6.61 Å². The standard InChI is InChI=1S/C24H25F4N5O3/c1-20(2,34)13-36-19-6-3-15(8-29-19)21-9-22(10-21,11-21)24(27,28)23(35,12-33-14-30-31-32-33)17-5-4-16(25)7-18(17)26/h3-8,14,34-35H,9-13H2,1-2H3/t21?,22?,23-/m0/s1. The van der Waals surface area contributed by atoms with E-state index in [9.17, 15) is 19.0 Å². The minimum absolute atomic E-state index is 0.0413. The highest BCUT2D eigenvalue weighted by Crippen LogP contribution is 2.80. The van der Waals surface area contributed by atoms with Crippen molar-refractivity contribution in [3.05, 3.63) is 65.6 Å². The molecular weight excluding hydrogens is 482 g/mol. The predicted molar refractivity (Wildman–Crippen MR) is 117 cm³/mol. The average Bonchev–Trinajstić information content (AvgIpc) is 3.23. The number of aliphatic hydroxyl groups is 2. The molecule has 1 atom stereocenters. The fraction of sp³-hybridized carbons (Fsp3) is 0.500. The summed E-state index contributed by atoms with van der Waals surface area (Å²) in [5.74, 6) is -5.72. The van der Waals surface area contributed by atoms with Gasteiger partial charge in [0.05, 0.1) is 12.1 Å². The van der Waals surface area contributed by atoms with Crippen LogP contribution in [0, 0.1) is 17.0 Å². The number of hydrogen-bond donors (Lipinski definition) is 2. The molecule has 8 nitrogen and oxygen atoms in total. The maximum absolute atomic E-state index is 16.2. The molecule has 0 aliphatic heterocycles. The second-order valence-corrected chi connectivity index (χ2v) is 10.6. The van der Waals surface area contributed by atoms with E-state index in [0.717, 1.165) is 28.7 Å². The number of hydrogen-bond acceptors (Lipinski definition) is 7. The van der Waals surface area contributed by atoms with Crippen molar-refractivity contribution in [3.8, 4) is 5.88 Å². The second-order valence-electron chi connectivity index (χ2n) is 10.6. The predicted octanol–water partition coefficient (Wildman–Crippen LogP) is 3.14. The molecule has 0 amide bonds. The highest BCUT2D eigenvalue weighted by Gasteiger charge is 2.82. The number of rotatable bonds is 9. The van der Waals surface area contributed by atoms with Crippen LogP contribution in [0.2, 0.25) is 0 Å². The normalized spacial score (nSPS) is 25.0. The van der Waals surface area contributed by atoms with Crippen LogP contribution in [0.25, 0.3) is 0 Å². The Morgan fingerprint density at radius 2 is 1.81 bits per heavy atom. The average molecular weight is 507 g/mol. The fourth-order valence-electron chi connectivity index (χ4n) is 5.56. The third-order valence-corrected chi connectivity index (χ3v) is 7.30. The van der Waals surface area contributed by atoms with Crippen LogP contribution in [0.4, 0.5) is 17.6 Å². The minimum Gasteiger partial charge on any atom is -0.475 e. The summed E-state index contributed by atoms with van der Waals surface area (Å²) >= 11 is 0. The molecule has 2 bridgehead atoms. The molecule has 12 heteroatoms. The number of tetrazole rings is 1. The van der Waals surface area contributed by atoms with E-state index in [2.05, 4.69) is 20.5 Å². The Labute approximate surface area is 203 Å². The van der Waals surface area contributed by atoms with Gasteiger partial charge >= 0.3 is 0 Å². The molecule has 3 aliphatic rings. The van der Waals surface area contributed by atoms with Gasteiger partial charge < -0.3 is 14.9 Å². The van der Waals surface area contributed by atoms with Gasteiger partial charge in [0.25, 0.3) is 5.92 Å². The lowest BCUT2D eigenvalue weighted by Gasteiger charge is -2.74. The summed E-state index contributed by atoms with van der Waals surface area (Å²) in [7, 11) is 0. The van der Waals surface area contributed by atoms with Gasteiger partial charge in [0.15, 0.2) is 5.60 Å². The number of alkyl halides is 2. The van der Waals surface area contributed by atoms with E-state index in [-0.39, 0.29) is 25.9 Å². The molecule has 0 unspecified atom stereocenters. The van der Waals surface area contributed by atoms with Gasteiger partial charge in [0.1, 0.15) is 24.6 Å². The summed E-state index contributed by atoms with van der Waals surface area (Å²) < 4.78 is 67.0. The molecule has 3 aliphatic carbocycles. The number of benzene rings is 1. The first-order valence-corrected chi connectivity index (χ1v) is 11.4. The lowest BCUT2D eigenvalue weighted by Crippen LogP contribution is -2.76. The molecule has 3 saturated carbocycles. The molecular formula is C24H25F4N5O3. The first kappa shape index (κ1) is 24.6. The lowest BCUT2D eigenvalue weighted by molar-refractivity contribution is -0.347. The van der Waals surface area contributed by atoms with Crippen LogP contribution in [0.1, 0.15) is 44.2 Å². The van der Waals surface area contributed by atoms with E-state index in [0.29, 0.717) is 11.9 Å². The van der Waals surface area contributed by atoms with Crippen molar-refractivity contribution in [1.29, 1.82) is 0 Å². The van der Waals surface area contributed by atoms with Crippen LogP contribution in [0.3, 0.4) is 0 Å². The van der Waals surface area contributed by atoms with Crippen molar-refractivity contribution in [2.24, 2.45) is 5.41 Å². The van der Waals surface area contributed by atoms with Gasteiger partial charge in [-0.1, -0.05) is 6.07 Å². The van der Waals surface area contributed by atoms with Crippen molar-refractivity contribution >= 4 is 0 Å². The molecule has 192 valence electrons. The zero-order valence-corrected chi connectivity index (χ0v) is 19.6. The molecule has 1 aromatic carbocycles. The van der Waals surface area contributed by atoms with E-state index in [1.165, 1.54) is 0 Å². The zero-order chi connectivity index (χ0) is 26.0. The van der Waals surface area contributed by atoms with Crippen LogP contribution in [-0.4, -0.2) is 53.5 Å². The van der Waals surface area contributed by atoms with Gasteiger partial charge in [0.2, 0.25) is 5.88 Å². The van der Waals surface area contributed by atoms with Crippen LogP contribution in [0.5, 0.6) is 5.88 Å². The van der Waals surface area contributed by atoms with Gasteiger partial charge in [-0.05, 0) is 66.6 Å². The molecule has 3 aromatic rings. The Bertz CT molecular complexity index is 1240. The fourth-order valence-corrected chi connectivity index (χ4v) is 5.56. The zero-order valence-electron chi connectivity index (χ0n) is 19.6. The number of halogens is 4. The van der Waals surface area contributed by atoms with Gasteiger partial charge in [0, 0.05) is 29.3 Å². The smallest absolute Gasteiger partial charge is 0.287 e. The monoisotopic (exact) mass is 507 g/mol. The SMILES string of the molecule is CC(C)(O)COc1ccc(C23CC(C(F)(F)[C@](O)(Cn4cnnn4)c4ccc(F)cc4F)(C2)C3)cn1. The molecule has 6 rings (SSSR count). The van der Waals surface area contributed by atoms with Crippen molar-refractivity contribution in [1.82, 2.24) is 25.2 Å². The Hall–Kier alpha value is -3.12. The van der Waals surface area contributed by atoms with Crippen LogP contribution >= 0.6 is 0 Å². The number of aromatic nitrogens is 5. The van der Waals surface area contributed by atoms with Crippen LogP contribution in [-0.2, 0) is 17.6 Å². The van der Waals surface area contributed by atoms with Crippen LogP contribution < -0.4 is 4.74 Å².